The Labute approximate surface area is 211 Å². The number of hydrogen-bond donors (Lipinski definition) is 2. The lowest BCUT2D eigenvalue weighted by Gasteiger charge is -2.27. The van der Waals surface area contributed by atoms with Crippen LogP contribution in [0.2, 0.25) is 15.1 Å². The van der Waals surface area contributed by atoms with Gasteiger partial charge in [0.25, 0.3) is 5.56 Å². The molecule has 0 aliphatic carbocycles. The standard InChI is InChI=1S/C23H25Cl3N4O4/c1-2-29-21(27)20(22(32)30(23(29)33)11-4-12-31)28(13-15-7-9-16(24)10-8-15)14-34-18-6-3-5-17(25)19(18)26/h3,5-10,31H,2,4,11-14,27H2,1H3. The van der Waals surface area contributed by atoms with Crippen LogP contribution in [-0.4, -0.2) is 27.6 Å². The highest BCUT2D eigenvalue weighted by Crippen LogP contribution is 2.32. The fraction of sp³-hybridized carbons (Fsp3) is 0.304. The predicted molar refractivity (Wildman–Crippen MR) is 136 cm³/mol. The molecule has 0 aliphatic rings. The Kier molecular flexibility index (Phi) is 8.90. The third kappa shape index (κ3) is 5.70. The molecule has 1 heterocycles. The van der Waals surface area contributed by atoms with Crippen molar-refractivity contribution in [3.05, 3.63) is 83.9 Å². The SMILES string of the molecule is CCn1c(N)c(N(COc2cccc(Cl)c2Cl)Cc2ccc(Cl)cc2)c(=O)n(CCCO)c1=O. The molecule has 3 aromatic rings. The van der Waals surface area contributed by atoms with Crippen molar-refractivity contribution in [3.63, 3.8) is 0 Å². The van der Waals surface area contributed by atoms with Crippen molar-refractivity contribution < 1.29 is 9.84 Å². The summed E-state index contributed by atoms with van der Waals surface area (Å²) in [4.78, 5) is 27.9. The van der Waals surface area contributed by atoms with Crippen molar-refractivity contribution >= 4 is 46.3 Å². The summed E-state index contributed by atoms with van der Waals surface area (Å²) in [6, 6.07) is 12.1. The first-order chi connectivity index (χ1) is 16.3. The highest BCUT2D eigenvalue weighted by Gasteiger charge is 2.23. The van der Waals surface area contributed by atoms with Crippen molar-refractivity contribution in [2.45, 2.75) is 33.0 Å². The monoisotopic (exact) mass is 526 g/mol. The first-order valence-corrected chi connectivity index (χ1v) is 11.7. The molecule has 0 saturated carbocycles. The van der Waals surface area contributed by atoms with E-state index in [0.717, 1.165) is 10.1 Å². The van der Waals surface area contributed by atoms with E-state index < -0.39 is 11.2 Å². The van der Waals surface area contributed by atoms with Crippen LogP contribution in [0.15, 0.2) is 52.1 Å². The molecule has 0 spiro atoms. The normalized spacial score (nSPS) is 11.0. The second-order valence-corrected chi connectivity index (χ2v) is 8.67. The van der Waals surface area contributed by atoms with Gasteiger partial charge >= 0.3 is 5.69 Å². The lowest BCUT2D eigenvalue weighted by Crippen LogP contribution is -2.45. The molecular formula is C23H25Cl3N4O4. The van der Waals surface area contributed by atoms with Gasteiger partial charge in [-0.3, -0.25) is 13.9 Å². The highest BCUT2D eigenvalue weighted by molar-refractivity contribution is 6.42. The summed E-state index contributed by atoms with van der Waals surface area (Å²) >= 11 is 18.4. The van der Waals surface area contributed by atoms with Crippen molar-refractivity contribution in [2.75, 3.05) is 24.0 Å². The second kappa shape index (κ2) is 11.7. The minimum absolute atomic E-state index is 0.0208. The van der Waals surface area contributed by atoms with Crippen LogP contribution in [0.5, 0.6) is 5.75 Å². The Bertz CT molecular complexity index is 1260. The number of rotatable bonds is 10. The number of ether oxygens (including phenoxy) is 1. The zero-order valence-corrected chi connectivity index (χ0v) is 20.8. The number of benzene rings is 2. The van der Waals surface area contributed by atoms with Crippen molar-refractivity contribution in [1.29, 1.82) is 0 Å². The molecule has 3 N–H and O–H groups in total. The number of anilines is 2. The van der Waals surface area contributed by atoms with E-state index in [2.05, 4.69) is 0 Å². The Morgan fingerprint density at radius 1 is 1.06 bits per heavy atom. The minimum atomic E-state index is -0.574. The van der Waals surface area contributed by atoms with Crippen LogP contribution in [-0.2, 0) is 19.6 Å². The average Bonchev–Trinajstić information content (AvgIpc) is 2.81. The molecule has 0 unspecified atom stereocenters. The van der Waals surface area contributed by atoms with E-state index in [0.29, 0.717) is 15.8 Å². The fourth-order valence-corrected chi connectivity index (χ4v) is 3.94. The van der Waals surface area contributed by atoms with Crippen molar-refractivity contribution in [3.8, 4) is 5.75 Å². The number of halogens is 3. The summed E-state index contributed by atoms with van der Waals surface area (Å²) in [5.74, 6) is 0.353. The third-order valence-corrected chi connectivity index (χ3v) is 6.25. The Hall–Kier alpha value is -2.65. The molecule has 182 valence electrons. The quantitative estimate of drug-likeness (QED) is 0.386. The predicted octanol–water partition coefficient (Wildman–Crippen LogP) is 4.00. The van der Waals surface area contributed by atoms with Crippen molar-refractivity contribution in [1.82, 2.24) is 9.13 Å². The smallest absolute Gasteiger partial charge is 0.332 e. The number of nitrogen functional groups attached to an aromatic ring is 1. The molecule has 0 atom stereocenters. The number of hydrogen-bond acceptors (Lipinski definition) is 6. The zero-order chi connectivity index (χ0) is 24.8. The molecule has 0 aliphatic heterocycles. The van der Waals surface area contributed by atoms with Gasteiger partial charge in [-0.25, -0.2) is 4.79 Å². The average molecular weight is 528 g/mol. The van der Waals surface area contributed by atoms with Gasteiger partial charge in [0, 0.05) is 31.3 Å². The first kappa shape index (κ1) is 26.0. The van der Waals surface area contributed by atoms with Gasteiger partial charge in [0.1, 0.15) is 22.3 Å². The van der Waals surface area contributed by atoms with Crippen LogP contribution in [0.4, 0.5) is 11.5 Å². The van der Waals surface area contributed by atoms with Gasteiger partial charge in [0.2, 0.25) is 0 Å². The molecular weight excluding hydrogens is 503 g/mol. The third-order valence-electron chi connectivity index (χ3n) is 5.19. The molecule has 11 heteroatoms. The fourth-order valence-electron chi connectivity index (χ4n) is 3.47. The maximum atomic E-state index is 13.4. The summed E-state index contributed by atoms with van der Waals surface area (Å²) in [7, 11) is 0. The van der Waals surface area contributed by atoms with E-state index in [1.807, 2.05) is 12.1 Å². The summed E-state index contributed by atoms with van der Waals surface area (Å²) < 4.78 is 8.31. The highest BCUT2D eigenvalue weighted by atomic mass is 35.5. The molecule has 1 aromatic heterocycles. The summed E-state index contributed by atoms with van der Waals surface area (Å²) in [6.07, 6.45) is 0.244. The largest absolute Gasteiger partial charge is 0.471 e. The van der Waals surface area contributed by atoms with Crippen LogP contribution < -0.4 is 26.6 Å². The van der Waals surface area contributed by atoms with Gasteiger partial charge in [-0.2, -0.15) is 0 Å². The zero-order valence-electron chi connectivity index (χ0n) is 18.5. The Balaban J connectivity index is 2.10. The maximum absolute atomic E-state index is 13.4. The van der Waals surface area contributed by atoms with Gasteiger partial charge in [0.15, 0.2) is 6.73 Å². The van der Waals surface area contributed by atoms with Gasteiger partial charge in [-0.05, 0) is 43.2 Å². The summed E-state index contributed by atoms with van der Waals surface area (Å²) in [5.41, 5.74) is 6.16. The summed E-state index contributed by atoms with van der Waals surface area (Å²) in [5, 5.41) is 10.4. The minimum Gasteiger partial charge on any atom is -0.471 e. The Morgan fingerprint density at radius 3 is 2.41 bits per heavy atom. The van der Waals surface area contributed by atoms with E-state index in [1.54, 1.807) is 42.2 Å². The molecule has 0 radical (unpaired) electrons. The molecule has 0 saturated heterocycles. The lowest BCUT2D eigenvalue weighted by atomic mass is 10.2. The molecule has 0 bridgehead atoms. The number of aliphatic hydroxyl groups is 1. The Morgan fingerprint density at radius 2 is 1.76 bits per heavy atom. The van der Waals surface area contributed by atoms with Crippen molar-refractivity contribution in [2.24, 2.45) is 0 Å². The van der Waals surface area contributed by atoms with Crippen LogP contribution in [0.25, 0.3) is 0 Å². The lowest BCUT2D eigenvalue weighted by molar-refractivity contribution is 0.277. The van der Waals surface area contributed by atoms with Gasteiger partial charge in [-0.1, -0.05) is 53.0 Å². The molecule has 2 aromatic carbocycles. The molecule has 0 fully saturated rings. The molecule has 8 nitrogen and oxygen atoms in total. The van der Waals surface area contributed by atoms with Gasteiger partial charge in [-0.15, -0.1) is 0 Å². The number of aromatic nitrogens is 2. The van der Waals surface area contributed by atoms with E-state index in [9.17, 15) is 14.7 Å². The molecule has 3 rings (SSSR count). The van der Waals surface area contributed by atoms with Gasteiger partial charge in [0.05, 0.1) is 5.02 Å². The van der Waals surface area contributed by atoms with Crippen LogP contribution in [0.3, 0.4) is 0 Å². The summed E-state index contributed by atoms with van der Waals surface area (Å²) in [6.45, 7) is 2.03. The van der Waals surface area contributed by atoms with Crippen LogP contribution in [0, 0.1) is 0 Å². The van der Waals surface area contributed by atoms with E-state index in [-0.39, 0.29) is 55.9 Å². The maximum Gasteiger partial charge on any atom is 0.332 e. The number of aliphatic hydroxyl groups excluding tert-OH is 1. The number of nitrogens with zero attached hydrogens (tertiary/aromatic N) is 3. The topological polar surface area (TPSA) is 103 Å². The van der Waals surface area contributed by atoms with Gasteiger partial charge < -0.3 is 20.5 Å². The van der Waals surface area contributed by atoms with E-state index in [1.165, 1.54) is 4.57 Å². The molecule has 34 heavy (non-hydrogen) atoms. The van der Waals surface area contributed by atoms with Crippen LogP contribution in [0.1, 0.15) is 18.9 Å². The first-order valence-electron chi connectivity index (χ1n) is 10.6. The second-order valence-electron chi connectivity index (χ2n) is 7.44. The van der Waals surface area contributed by atoms with E-state index >= 15 is 0 Å². The van der Waals surface area contributed by atoms with E-state index in [4.69, 9.17) is 45.3 Å². The van der Waals surface area contributed by atoms with Crippen LogP contribution >= 0.6 is 34.8 Å². The number of nitrogens with two attached hydrogens (primary N) is 1. The molecule has 0 amide bonds.